The van der Waals surface area contributed by atoms with Gasteiger partial charge in [-0.25, -0.2) is 29.9 Å². The van der Waals surface area contributed by atoms with E-state index in [0.29, 0.717) is 0 Å². The number of nitrogens with zero attached hydrogens (tertiary/aromatic N) is 11. The average molecular weight is 604 g/mol. The highest BCUT2D eigenvalue weighted by Crippen LogP contribution is 2.39. The summed E-state index contributed by atoms with van der Waals surface area (Å²) in [4.78, 5) is 43.5. The highest BCUT2D eigenvalue weighted by Gasteiger charge is 2.27. The Morgan fingerprint density at radius 3 is 0.705 bits per heavy atom. The van der Waals surface area contributed by atoms with Crippen LogP contribution in [0, 0.1) is 6.92 Å². The number of hydrogen-bond donors (Lipinski definition) is 0. The summed E-state index contributed by atoms with van der Waals surface area (Å²) >= 11 is 0. The summed E-state index contributed by atoms with van der Waals surface area (Å²) in [6.45, 7) is 31.9. The summed E-state index contributed by atoms with van der Waals surface area (Å²) in [6, 6.07) is 0. The number of fused-ring (bicyclic) bond motifs is 6. The van der Waals surface area contributed by atoms with Crippen LogP contribution in [0.4, 0.5) is 29.1 Å². The molecule has 11 nitrogen and oxygen atoms in total. The van der Waals surface area contributed by atoms with E-state index in [2.05, 4.69) is 93.7 Å². The molecule has 3 heterocycles. The third-order valence-corrected chi connectivity index (χ3v) is 8.75. The highest BCUT2D eigenvalue weighted by atomic mass is 15.3. The zero-order chi connectivity index (χ0) is 32.1. The van der Waals surface area contributed by atoms with Gasteiger partial charge in [0, 0.05) is 65.4 Å². The first-order valence-corrected chi connectivity index (χ1v) is 16.8. The molecule has 0 bridgehead atoms. The van der Waals surface area contributed by atoms with Gasteiger partial charge in [-0.05, 0) is 76.2 Å². The summed E-state index contributed by atoms with van der Waals surface area (Å²) < 4.78 is 0. The minimum atomic E-state index is 0.723. The van der Waals surface area contributed by atoms with Gasteiger partial charge in [0.05, 0.1) is 5.69 Å². The fourth-order valence-electron chi connectivity index (χ4n) is 6.10. The first-order valence-electron chi connectivity index (χ1n) is 16.8. The fraction of sp³-hybridized carbons (Fsp3) is 0.636. The van der Waals surface area contributed by atoms with Gasteiger partial charge in [0.2, 0.25) is 0 Å². The van der Waals surface area contributed by atoms with E-state index in [1.165, 1.54) is 0 Å². The Morgan fingerprint density at radius 2 is 0.477 bits per heavy atom. The Labute approximate surface area is 263 Å². The van der Waals surface area contributed by atoms with Gasteiger partial charge in [-0.3, -0.25) is 0 Å². The monoisotopic (exact) mass is 603 g/mol. The molecular weight excluding hydrogens is 550 g/mol. The third kappa shape index (κ3) is 5.73. The minimum Gasteiger partial charge on any atom is -0.356 e. The Kier molecular flexibility index (Phi) is 10.8. The summed E-state index contributed by atoms with van der Waals surface area (Å²) in [5, 5.41) is 0. The molecule has 240 valence electrons. The molecule has 0 amide bonds. The Hall–Kier alpha value is -3.76. The Bertz CT molecular complexity index is 1520. The second kappa shape index (κ2) is 14.3. The number of benzene rings is 1. The SMILES string of the molecule is CCN(CC)c1nc2c(nc1C)c1nc(N(CC)CC)c(N(CC)CC)nc1c1nc(N(CC)CC)c(N(CC)CC)nc21. The van der Waals surface area contributed by atoms with Crippen LogP contribution in [0.1, 0.15) is 74.9 Å². The Balaban J connectivity index is 2.32. The topological polar surface area (TPSA) is 93.5 Å². The molecule has 44 heavy (non-hydrogen) atoms. The molecule has 0 radical (unpaired) electrons. The lowest BCUT2D eigenvalue weighted by atomic mass is 10.1. The molecule has 4 aromatic rings. The second-order valence-electron chi connectivity index (χ2n) is 10.8. The maximum absolute atomic E-state index is 5.42. The first kappa shape index (κ1) is 33.1. The van der Waals surface area contributed by atoms with Gasteiger partial charge < -0.3 is 24.5 Å². The zero-order valence-corrected chi connectivity index (χ0v) is 29.0. The molecule has 0 atom stereocenters. The summed E-state index contributed by atoms with van der Waals surface area (Å²) in [5.41, 5.74) is 5.22. The van der Waals surface area contributed by atoms with E-state index in [-0.39, 0.29) is 0 Å². The molecule has 1 aromatic carbocycles. The summed E-state index contributed by atoms with van der Waals surface area (Å²) in [6.07, 6.45) is 0. The maximum atomic E-state index is 5.42. The van der Waals surface area contributed by atoms with Crippen LogP contribution in [0.5, 0.6) is 0 Å². The van der Waals surface area contributed by atoms with Crippen molar-refractivity contribution in [3.8, 4) is 0 Å². The van der Waals surface area contributed by atoms with Crippen LogP contribution in [0.25, 0.3) is 33.1 Å². The lowest BCUT2D eigenvalue weighted by molar-refractivity contribution is 0.805. The van der Waals surface area contributed by atoms with Gasteiger partial charge >= 0.3 is 0 Å². The smallest absolute Gasteiger partial charge is 0.172 e. The number of rotatable bonds is 15. The maximum Gasteiger partial charge on any atom is 0.172 e. The number of hydrogen-bond acceptors (Lipinski definition) is 11. The van der Waals surface area contributed by atoms with Crippen LogP contribution >= 0.6 is 0 Å². The van der Waals surface area contributed by atoms with Crippen molar-refractivity contribution in [1.82, 2.24) is 29.9 Å². The van der Waals surface area contributed by atoms with Crippen molar-refractivity contribution in [3.05, 3.63) is 5.69 Å². The number of anilines is 5. The van der Waals surface area contributed by atoms with Crippen molar-refractivity contribution in [2.75, 3.05) is 89.9 Å². The molecule has 0 spiro atoms. The van der Waals surface area contributed by atoms with Crippen LogP contribution in [0.3, 0.4) is 0 Å². The predicted octanol–water partition coefficient (Wildman–Crippen LogP) is 6.06. The van der Waals surface area contributed by atoms with Crippen molar-refractivity contribution >= 4 is 62.2 Å². The first-order chi connectivity index (χ1) is 21.3. The van der Waals surface area contributed by atoms with E-state index in [1.54, 1.807) is 0 Å². The van der Waals surface area contributed by atoms with E-state index in [1.807, 2.05) is 6.92 Å². The van der Waals surface area contributed by atoms with Gasteiger partial charge in [-0.15, -0.1) is 0 Å². The van der Waals surface area contributed by atoms with Gasteiger partial charge in [0.1, 0.15) is 33.1 Å². The second-order valence-corrected chi connectivity index (χ2v) is 10.8. The molecule has 0 aliphatic heterocycles. The highest BCUT2D eigenvalue weighted by molar-refractivity contribution is 6.19. The van der Waals surface area contributed by atoms with Gasteiger partial charge in [-0.1, -0.05) is 0 Å². The van der Waals surface area contributed by atoms with E-state index >= 15 is 0 Å². The lowest BCUT2D eigenvalue weighted by Gasteiger charge is -2.30. The van der Waals surface area contributed by atoms with Crippen molar-refractivity contribution < 1.29 is 0 Å². The van der Waals surface area contributed by atoms with Gasteiger partial charge in [0.15, 0.2) is 29.1 Å². The largest absolute Gasteiger partial charge is 0.356 e. The van der Waals surface area contributed by atoms with E-state index < -0.39 is 0 Å². The van der Waals surface area contributed by atoms with E-state index in [0.717, 1.165) is 133 Å². The average Bonchev–Trinajstić information content (AvgIpc) is 3.04. The molecule has 0 fully saturated rings. The predicted molar refractivity (Wildman–Crippen MR) is 188 cm³/mol. The van der Waals surface area contributed by atoms with Crippen LogP contribution in [-0.4, -0.2) is 95.4 Å². The molecule has 0 aliphatic carbocycles. The summed E-state index contributed by atoms with van der Waals surface area (Å²) in [5.74, 6) is 4.36. The van der Waals surface area contributed by atoms with Crippen LogP contribution in [-0.2, 0) is 0 Å². The molecule has 11 heteroatoms. The molecule has 0 saturated heterocycles. The molecule has 0 N–H and O–H groups in total. The quantitative estimate of drug-likeness (QED) is 0.149. The molecular formula is C33H53N11. The van der Waals surface area contributed by atoms with Crippen LogP contribution < -0.4 is 24.5 Å². The molecule has 4 rings (SSSR count). The molecule has 0 aliphatic rings. The van der Waals surface area contributed by atoms with E-state index in [9.17, 15) is 0 Å². The zero-order valence-electron chi connectivity index (χ0n) is 29.0. The fourth-order valence-corrected chi connectivity index (χ4v) is 6.10. The number of aryl methyl sites for hydroxylation is 1. The van der Waals surface area contributed by atoms with Crippen molar-refractivity contribution in [2.24, 2.45) is 0 Å². The van der Waals surface area contributed by atoms with Crippen molar-refractivity contribution in [1.29, 1.82) is 0 Å². The molecule has 0 saturated carbocycles. The normalized spacial score (nSPS) is 11.5. The van der Waals surface area contributed by atoms with Gasteiger partial charge in [-0.2, -0.15) is 0 Å². The Morgan fingerprint density at radius 1 is 0.295 bits per heavy atom. The third-order valence-electron chi connectivity index (χ3n) is 8.75. The van der Waals surface area contributed by atoms with Crippen LogP contribution in [0.2, 0.25) is 0 Å². The van der Waals surface area contributed by atoms with E-state index in [4.69, 9.17) is 29.9 Å². The van der Waals surface area contributed by atoms with Gasteiger partial charge in [0.25, 0.3) is 0 Å². The molecule has 3 aromatic heterocycles. The standard InChI is InChI=1S/C33H53N11/c1-12-40(13-2)29-22(11)34-23-24(35-29)26-28(39-33(44(20-9)21-10)32(37-26)43(18-7)19-8)27-25(23)36-30(41(14-3)15-4)31(38-27)42(16-5)17-6/h12-21H2,1-11H3. The van der Waals surface area contributed by atoms with Crippen molar-refractivity contribution in [3.63, 3.8) is 0 Å². The van der Waals surface area contributed by atoms with Crippen molar-refractivity contribution in [2.45, 2.75) is 76.2 Å². The molecule has 0 unspecified atom stereocenters. The van der Waals surface area contributed by atoms with Crippen LogP contribution in [0.15, 0.2) is 0 Å². The lowest BCUT2D eigenvalue weighted by Crippen LogP contribution is -2.31. The summed E-state index contributed by atoms with van der Waals surface area (Å²) in [7, 11) is 0. The number of aromatic nitrogens is 6. The minimum absolute atomic E-state index is 0.723.